The molecule has 0 aliphatic carbocycles. The second kappa shape index (κ2) is 6.61. The number of rotatable bonds is 4. The number of hydrogen-bond donors (Lipinski definition) is 1. The molecule has 2 nitrogen and oxygen atoms in total. The summed E-state index contributed by atoms with van der Waals surface area (Å²) in [6, 6.07) is 11.6. The van der Waals surface area contributed by atoms with E-state index in [9.17, 15) is 0 Å². The van der Waals surface area contributed by atoms with Crippen LogP contribution >= 0.6 is 27.5 Å². The van der Waals surface area contributed by atoms with E-state index >= 15 is 0 Å². The summed E-state index contributed by atoms with van der Waals surface area (Å²) < 4.78 is 7.01. The Labute approximate surface area is 133 Å². The van der Waals surface area contributed by atoms with Gasteiger partial charge in [0.15, 0.2) is 0 Å². The molecule has 0 amide bonds. The maximum atomic E-state index is 6.16. The van der Waals surface area contributed by atoms with Gasteiger partial charge in [0.05, 0.1) is 0 Å². The summed E-state index contributed by atoms with van der Waals surface area (Å²) >= 11 is 9.65. The first-order valence-corrected chi connectivity index (χ1v) is 7.64. The fourth-order valence-corrected chi connectivity index (χ4v) is 2.57. The Balaban J connectivity index is 2.32. The standard InChI is InChI=1S/C16H17BrClNO/c1-10(2)14-7-12(17)4-6-16(14)20-13-5-3-11(9-19)15(18)8-13/h3-8,10H,9,19H2,1-2H3. The van der Waals surface area contributed by atoms with Gasteiger partial charge < -0.3 is 10.5 Å². The molecule has 0 fully saturated rings. The van der Waals surface area contributed by atoms with E-state index in [-0.39, 0.29) is 0 Å². The van der Waals surface area contributed by atoms with Gasteiger partial charge >= 0.3 is 0 Å². The average Bonchev–Trinajstić information content (AvgIpc) is 2.41. The van der Waals surface area contributed by atoms with Crippen LogP contribution in [0.25, 0.3) is 0 Å². The minimum absolute atomic E-state index is 0.376. The number of hydrogen-bond acceptors (Lipinski definition) is 2. The second-order valence-electron chi connectivity index (χ2n) is 4.90. The molecule has 0 saturated carbocycles. The van der Waals surface area contributed by atoms with Crippen LogP contribution in [-0.2, 0) is 6.54 Å². The maximum absolute atomic E-state index is 6.16. The molecule has 0 aliphatic heterocycles. The van der Waals surface area contributed by atoms with Crippen LogP contribution in [0, 0.1) is 0 Å². The van der Waals surface area contributed by atoms with Gasteiger partial charge in [0, 0.05) is 16.0 Å². The van der Waals surface area contributed by atoms with E-state index in [1.807, 2.05) is 24.3 Å². The maximum Gasteiger partial charge on any atom is 0.130 e. The average molecular weight is 355 g/mol. The van der Waals surface area contributed by atoms with Gasteiger partial charge in [-0.3, -0.25) is 0 Å². The third-order valence-electron chi connectivity index (χ3n) is 3.07. The highest BCUT2D eigenvalue weighted by atomic mass is 79.9. The van der Waals surface area contributed by atoms with Crippen LogP contribution in [0.4, 0.5) is 0 Å². The quantitative estimate of drug-likeness (QED) is 0.789. The van der Waals surface area contributed by atoms with Gasteiger partial charge in [-0.15, -0.1) is 0 Å². The molecule has 2 aromatic carbocycles. The van der Waals surface area contributed by atoms with Crippen molar-refractivity contribution in [3.05, 3.63) is 57.0 Å². The second-order valence-corrected chi connectivity index (χ2v) is 6.22. The van der Waals surface area contributed by atoms with E-state index in [4.69, 9.17) is 22.1 Å². The SMILES string of the molecule is CC(C)c1cc(Br)ccc1Oc1ccc(CN)c(Cl)c1. The van der Waals surface area contributed by atoms with E-state index in [0.717, 1.165) is 27.1 Å². The van der Waals surface area contributed by atoms with Crippen LogP contribution < -0.4 is 10.5 Å². The normalized spacial score (nSPS) is 10.9. The van der Waals surface area contributed by atoms with Crippen molar-refractivity contribution < 1.29 is 4.74 Å². The molecule has 0 spiro atoms. The highest BCUT2D eigenvalue weighted by molar-refractivity contribution is 9.10. The number of benzene rings is 2. The molecule has 0 bridgehead atoms. The zero-order chi connectivity index (χ0) is 14.7. The van der Waals surface area contributed by atoms with Crippen LogP contribution in [0.1, 0.15) is 30.9 Å². The van der Waals surface area contributed by atoms with Crippen LogP contribution in [0.2, 0.25) is 5.02 Å². The molecule has 2 aromatic rings. The molecule has 0 aromatic heterocycles. The van der Waals surface area contributed by atoms with Crippen molar-refractivity contribution in [2.24, 2.45) is 5.73 Å². The molecular formula is C16H17BrClNO. The summed E-state index contributed by atoms with van der Waals surface area (Å²) in [7, 11) is 0. The molecule has 106 valence electrons. The van der Waals surface area contributed by atoms with E-state index in [2.05, 4.69) is 35.8 Å². The van der Waals surface area contributed by atoms with E-state index in [0.29, 0.717) is 17.5 Å². The fraction of sp³-hybridized carbons (Fsp3) is 0.250. The van der Waals surface area contributed by atoms with Crippen molar-refractivity contribution in [3.63, 3.8) is 0 Å². The first-order chi connectivity index (χ1) is 9.51. The summed E-state index contributed by atoms with van der Waals surface area (Å²) in [4.78, 5) is 0. The van der Waals surface area contributed by atoms with Gasteiger partial charge in [-0.2, -0.15) is 0 Å². The van der Waals surface area contributed by atoms with Gasteiger partial charge in [0.2, 0.25) is 0 Å². The lowest BCUT2D eigenvalue weighted by Crippen LogP contribution is -1.98. The first-order valence-electron chi connectivity index (χ1n) is 6.47. The third-order valence-corrected chi connectivity index (χ3v) is 3.91. The third kappa shape index (κ3) is 3.54. The van der Waals surface area contributed by atoms with Crippen molar-refractivity contribution in [2.45, 2.75) is 26.3 Å². The minimum Gasteiger partial charge on any atom is -0.457 e. The summed E-state index contributed by atoms with van der Waals surface area (Å²) in [5.41, 5.74) is 7.67. The van der Waals surface area contributed by atoms with E-state index in [1.54, 1.807) is 6.07 Å². The van der Waals surface area contributed by atoms with Gasteiger partial charge in [0.1, 0.15) is 11.5 Å². The number of ether oxygens (including phenoxy) is 1. The molecule has 2 rings (SSSR count). The molecule has 0 saturated heterocycles. The molecule has 20 heavy (non-hydrogen) atoms. The predicted molar refractivity (Wildman–Crippen MR) is 87.6 cm³/mol. The molecule has 2 N–H and O–H groups in total. The Kier molecular flexibility index (Phi) is 5.08. The van der Waals surface area contributed by atoms with Gasteiger partial charge in [0.25, 0.3) is 0 Å². The van der Waals surface area contributed by atoms with E-state index in [1.165, 1.54) is 0 Å². The van der Waals surface area contributed by atoms with Crippen LogP contribution in [0.5, 0.6) is 11.5 Å². The van der Waals surface area contributed by atoms with Crippen LogP contribution in [0.3, 0.4) is 0 Å². The Bertz CT molecular complexity index is 613. The van der Waals surface area contributed by atoms with Crippen molar-refractivity contribution in [1.29, 1.82) is 0 Å². The van der Waals surface area contributed by atoms with Gasteiger partial charge in [-0.05, 0) is 47.4 Å². The Hall–Kier alpha value is -1.03. The van der Waals surface area contributed by atoms with Crippen molar-refractivity contribution in [3.8, 4) is 11.5 Å². The largest absolute Gasteiger partial charge is 0.457 e. The van der Waals surface area contributed by atoms with Crippen molar-refractivity contribution >= 4 is 27.5 Å². The van der Waals surface area contributed by atoms with Crippen molar-refractivity contribution in [2.75, 3.05) is 0 Å². The predicted octanol–water partition coefficient (Wildman–Crippen LogP) is 5.48. The monoisotopic (exact) mass is 353 g/mol. The Morgan fingerprint density at radius 3 is 2.55 bits per heavy atom. The van der Waals surface area contributed by atoms with E-state index < -0.39 is 0 Å². The van der Waals surface area contributed by atoms with Crippen molar-refractivity contribution in [1.82, 2.24) is 0 Å². The number of nitrogens with two attached hydrogens (primary N) is 1. The minimum atomic E-state index is 0.376. The molecule has 0 unspecified atom stereocenters. The molecule has 4 heteroatoms. The summed E-state index contributed by atoms with van der Waals surface area (Å²) in [5.74, 6) is 1.94. The molecule has 0 atom stereocenters. The summed E-state index contributed by atoms with van der Waals surface area (Å²) in [6.07, 6.45) is 0. The van der Waals surface area contributed by atoms with Crippen LogP contribution in [-0.4, -0.2) is 0 Å². The lowest BCUT2D eigenvalue weighted by molar-refractivity contribution is 0.473. The zero-order valence-electron chi connectivity index (χ0n) is 11.5. The number of halogens is 2. The molecular weight excluding hydrogens is 338 g/mol. The summed E-state index contributed by atoms with van der Waals surface area (Å²) in [5, 5.41) is 0.633. The van der Waals surface area contributed by atoms with Gasteiger partial charge in [-0.25, -0.2) is 0 Å². The lowest BCUT2D eigenvalue weighted by atomic mass is 10.0. The topological polar surface area (TPSA) is 35.2 Å². The lowest BCUT2D eigenvalue weighted by Gasteiger charge is -2.15. The van der Waals surface area contributed by atoms with Gasteiger partial charge in [-0.1, -0.05) is 47.4 Å². The highest BCUT2D eigenvalue weighted by Crippen LogP contribution is 2.34. The molecule has 0 heterocycles. The zero-order valence-corrected chi connectivity index (χ0v) is 13.8. The highest BCUT2D eigenvalue weighted by Gasteiger charge is 2.10. The Morgan fingerprint density at radius 1 is 1.20 bits per heavy atom. The first kappa shape index (κ1) is 15.4. The molecule has 0 aliphatic rings. The van der Waals surface area contributed by atoms with Crippen LogP contribution in [0.15, 0.2) is 40.9 Å². The molecule has 0 radical (unpaired) electrons. The summed E-state index contributed by atoms with van der Waals surface area (Å²) in [6.45, 7) is 4.70. The fourth-order valence-electron chi connectivity index (χ4n) is 1.95. The smallest absolute Gasteiger partial charge is 0.130 e. The Morgan fingerprint density at radius 2 is 1.95 bits per heavy atom.